The van der Waals surface area contributed by atoms with Gasteiger partial charge in [0.05, 0.1) is 10.7 Å². The fourth-order valence-corrected chi connectivity index (χ4v) is 4.03. The number of nitro groups is 1. The summed E-state index contributed by atoms with van der Waals surface area (Å²) in [6, 6.07) is 6.49. The molecule has 0 aliphatic carbocycles. The van der Waals surface area contributed by atoms with Crippen LogP contribution in [0.1, 0.15) is 18.9 Å². The van der Waals surface area contributed by atoms with Crippen LogP contribution in [0.3, 0.4) is 0 Å². The molecule has 1 aromatic carbocycles. The average Bonchev–Trinajstić information content (AvgIpc) is 2.63. The molecule has 0 bridgehead atoms. The number of carboxylic acid groups (broad SMARTS) is 2. The smallest absolute Gasteiger partial charge is 0.414 e. The van der Waals surface area contributed by atoms with E-state index in [0.29, 0.717) is 39.1 Å². The van der Waals surface area contributed by atoms with Crippen molar-refractivity contribution in [1.82, 2.24) is 9.21 Å². The van der Waals surface area contributed by atoms with Gasteiger partial charge in [0.1, 0.15) is 0 Å². The highest BCUT2D eigenvalue weighted by Gasteiger charge is 2.26. The summed E-state index contributed by atoms with van der Waals surface area (Å²) in [5, 5.41) is 25.4. The summed E-state index contributed by atoms with van der Waals surface area (Å²) in [6.45, 7) is 4.92. The Balaban J connectivity index is 0.000000568. The molecule has 0 radical (unpaired) electrons. The molecule has 0 saturated carbocycles. The number of carboxylic acids is 2. The van der Waals surface area contributed by atoms with E-state index in [2.05, 4.69) is 4.90 Å². The van der Waals surface area contributed by atoms with E-state index in [1.54, 1.807) is 16.4 Å². The minimum atomic E-state index is -3.11. The minimum Gasteiger partial charge on any atom is -0.473 e. The quantitative estimate of drug-likeness (QED) is 0.384. The van der Waals surface area contributed by atoms with Crippen LogP contribution < -0.4 is 0 Å². The Hall–Kier alpha value is -2.57. The summed E-state index contributed by atoms with van der Waals surface area (Å²) < 4.78 is 25.5. The molecule has 1 aromatic rings. The molecule has 1 aliphatic heterocycles. The van der Waals surface area contributed by atoms with Crippen molar-refractivity contribution in [3.8, 4) is 0 Å². The van der Waals surface area contributed by atoms with Gasteiger partial charge < -0.3 is 10.2 Å². The zero-order valence-electron chi connectivity index (χ0n) is 15.4. The molecule has 11 nitrogen and oxygen atoms in total. The first kappa shape index (κ1) is 23.5. The summed E-state index contributed by atoms with van der Waals surface area (Å²) in [5.41, 5.74) is 1.08. The van der Waals surface area contributed by atoms with Crippen molar-refractivity contribution in [3.63, 3.8) is 0 Å². The van der Waals surface area contributed by atoms with Crippen LogP contribution in [0.2, 0.25) is 0 Å². The lowest BCUT2D eigenvalue weighted by Crippen LogP contribution is -2.48. The molecule has 0 amide bonds. The van der Waals surface area contributed by atoms with Gasteiger partial charge in [-0.25, -0.2) is 18.0 Å². The van der Waals surface area contributed by atoms with Crippen molar-refractivity contribution < 1.29 is 33.1 Å². The molecule has 156 valence electrons. The molecule has 1 aliphatic rings. The van der Waals surface area contributed by atoms with Gasteiger partial charge in [0, 0.05) is 44.9 Å². The van der Waals surface area contributed by atoms with Crippen molar-refractivity contribution >= 4 is 27.6 Å². The predicted molar refractivity (Wildman–Crippen MR) is 99.3 cm³/mol. The standard InChI is InChI=1S/C14H21N3O4S.C2H2O4/c1-2-11-22(20,21)16-9-7-15(8-10-16)12-13-3-5-14(6-4-13)17(18)19;3-1(4)2(5)6/h3-6H,2,7-12H2,1H3;(H,3,4)(H,5,6). The predicted octanol–water partition coefficient (Wildman–Crippen LogP) is 0.608. The number of non-ortho nitro benzene ring substituents is 1. The molecular formula is C16H23N3O8S. The third-order valence-electron chi connectivity index (χ3n) is 3.92. The van der Waals surface area contributed by atoms with E-state index in [-0.39, 0.29) is 11.4 Å². The van der Waals surface area contributed by atoms with Crippen molar-refractivity contribution in [1.29, 1.82) is 0 Å². The summed E-state index contributed by atoms with van der Waals surface area (Å²) in [4.78, 5) is 30.6. The minimum absolute atomic E-state index is 0.0826. The number of nitrogens with zero attached hydrogens (tertiary/aromatic N) is 3. The van der Waals surface area contributed by atoms with Gasteiger partial charge in [-0.1, -0.05) is 19.1 Å². The highest BCUT2D eigenvalue weighted by molar-refractivity contribution is 7.89. The van der Waals surface area contributed by atoms with Gasteiger partial charge in [0.2, 0.25) is 10.0 Å². The monoisotopic (exact) mass is 417 g/mol. The average molecular weight is 417 g/mol. The number of piperazine rings is 1. The molecular weight excluding hydrogens is 394 g/mol. The summed E-state index contributed by atoms with van der Waals surface area (Å²) in [5.74, 6) is -3.44. The van der Waals surface area contributed by atoms with Crippen molar-refractivity contribution in [2.75, 3.05) is 31.9 Å². The van der Waals surface area contributed by atoms with Crippen LogP contribution in [0.25, 0.3) is 0 Å². The van der Waals surface area contributed by atoms with Crippen LogP contribution in [-0.4, -0.2) is 76.6 Å². The SMILES string of the molecule is CCCS(=O)(=O)N1CCN(Cc2ccc([N+](=O)[O-])cc2)CC1.O=C(O)C(=O)O. The summed E-state index contributed by atoms with van der Waals surface area (Å²) in [6.07, 6.45) is 0.630. The maximum Gasteiger partial charge on any atom is 0.414 e. The Kier molecular flexibility index (Phi) is 8.96. The molecule has 12 heteroatoms. The van der Waals surface area contributed by atoms with Gasteiger partial charge in [-0.3, -0.25) is 15.0 Å². The Bertz CT molecular complexity index is 775. The largest absolute Gasteiger partial charge is 0.473 e. The molecule has 0 atom stereocenters. The first-order valence-electron chi connectivity index (χ1n) is 8.46. The van der Waals surface area contributed by atoms with Crippen LogP contribution in [0.5, 0.6) is 0 Å². The number of benzene rings is 1. The number of aliphatic carboxylic acids is 2. The Morgan fingerprint density at radius 2 is 1.57 bits per heavy atom. The zero-order chi connectivity index (χ0) is 21.3. The van der Waals surface area contributed by atoms with E-state index in [1.165, 1.54) is 12.1 Å². The maximum absolute atomic E-state index is 12.0. The van der Waals surface area contributed by atoms with E-state index in [1.807, 2.05) is 6.92 Å². The Morgan fingerprint density at radius 3 is 1.96 bits per heavy atom. The number of hydrogen-bond donors (Lipinski definition) is 2. The van der Waals surface area contributed by atoms with Gasteiger partial charge in [-0.2, -0.15) is 4.31 Å². The molecule has 0 aromatic heterocycles. The zero-order valence-corrected chi connectivity index (χ0v) is 16.2. The van der Waals surface area contributed by atoms with Crippen LogP contribution >= 0.6 is 0 Å². The van der Waals surface area contributed by atoms with Crippen molar-refractivity contribution in [2.45, 2.75) is 19.9 Å². The van der Waals surface area contributed by atoms with E-state index >= 15 is 0 Å². The lowest BCUT2D eigenvalue weighted by Gasteiger charge is -2.33. The highest BCUT2D eigenvalue weighted by atomic mass is 32.2. The second-order valence-corrected chi connectivity index (χ2v) is 8.11. The number of hydrogen-bond acceptors (Lipinski definition) is 7. The topological polar surface area (TPSA) is 158 Å². The van der Waals surface area contributed by atoms with E-state index in [4.69, 9.17) is 19.8 Å². The number of rotatable bonds is 6. The van der Waals surface area contributed by atoms with E-state index in [0.717, 1.165) is 5.56 Å². The molecule has 28 heavy (non-hydrogen) atoms. The Morgan fingerprint density at radius 1 is 1.07 bits per heavy atom. The van der Waals surface area contributed by atoms with E-state index in [9.17, 15) is 18.5 Å². The van der Waals surface area contributed by atoms with Crippen molar-refractivity contribution in [3.05, 3.63) is 39.9 Å². The van der Waals surface area contributed by atoms with Gasteiger partial charge >= 0.3 is 11.9 Å². The van der Waals surface area contributed by atoms with Crippen LogP contribution in [0.15, 0.2) is 24.3 Å². The summed E-state index contributed by atoms with van der Waals surface area (Å²) >= 11 is 0. The molecule has 1 saturated heterocycles. The Labute approximate surface area is 162 Å². The fraction of sp³-hybridized carbons (Fsp3) is 0.500. The summed E-state index contributed by atoms with van der Waals surface area (Å²) in [7, 11) is -3.11. The van der Waals surface area contributed by atoms with Gasteiger partial charge in [0.15, 0.2) is 0 Å². The highest BCUT2D eigenvalue weighted by Crippen LogP contribution is 2.15. The maximum atomic E-state index is 12.0. The van der Waals surface area contributed by atoms with Gasteiger partial charge in [0.25, 0.3) is 5.69 Å². The molecule has 0 unspecified atom stereocenters. The first-order chi connectivity index (χ1) is 13.1. The van der Waals surface area contributed by atoms with Crippen LogP contribution in [-0.2, 0) is 26.2 Å². The fourth-order valence-electron chi connectivity index (χ4n) is 2.53. The van der Waals surface area contributed by atoms with Gasteiger partial charge in [-0.15, -0.1) is 0 Å². The molecule has 1 fully saturated rings. The van der Waals surface area contributed by atoms with Crippen LogP contribution in [0.4, 0.5) is 5.69 Å². The third-order valence-corrected chi connectivity index (χ3v) is 6.00. The number of nitro benzene ring substituents is 1. The first-order valence-corrected chi connectivity index (χ1v) is 10.1. The number of carbonyl (C=O) groups is 2. The lowest BCUT2D eigenvalue weighted by molar-refractivity contribution is -0.384. The second kappa shape index (κ2) is 10.7. The van der Waals surface area contributed by atoms with Gasteiger partial charge in [-0.05, 0) is 12.0 Å². The molecule has 1 heterocycles. The molecule has 2 rings (SSSR count). The number of sulfonamides is 1. The third kappa shape index (κ3) is 7.58. The lowest BCUT2D eigenvalue weighted by atomic mass is 10.2. The van der Waals surface area contributed by atoms with E-state index < -0.39 is 26.9 Å². The molecule has 2 N–H and O–H groups in total. The normalized spacial score (nSPS) is 15.3. The second-order valence-electron chi connectivity index (χ2n) is 6.03. The molecule has 0 spiro atoms. The van der Waals surface area contributed by atoms with Crippen LogP contribution in [0, 0.1) is 10.1 Å². The van der Waals surface area contributed by atoms with Crippen molar-refractivity contribution in [2.24, 2.45) is 0 Å².